The zero-order chi connectivity index (χ0) is 19.1. The molecule has 2 rings (SSSR count). The molecular weight excluding hydrogens is 400 g/mol. The van der Waals surface area contributed by atoms with E-state index < -0.39 is 17.8 Å². The van der Waals surface area contributed by atoms with Crippen molar-refractivity contribution in [3.8, 4) is 0 Å². The van der Waals surface area contributed by atoms with Gasteiger partial charge in [0.05, 0.1) is 12.7 Å². The summed E-state index contributed by atoms with van der Waals surface area (Å²) in [7, 11) is 1.30. The van der Waals surface area contributed by atoms with E-state index >= 15 is 0 Å². The minimum Gasteiger partial charge on any atom is -0.465 e. The number of carbonyl (C=O) groups excluding carboxylic acids is 3. The topological polar surface area (TPSA) is 84.5 Å². The molecule has 0 aliphatic rings. The summed E-state index contributed by atoms with van der Waals surface area (Å²) in [5.41, 5.74) is 1.76. The minimum atomic E-state index is -0.455. The van der Waals surface area contributed by atoms with Gasteiger partial charge in [0.15, 0.2) is 0 Å². The number of anilines is 2. The second-order valence-corrected chi connectivity index (χ2v) is 6.26. The van der Waals surface area contributed by atoms with Crippen molar-refractivity contribution < 1.29 is 19.1 Å². The van der Waals surface area contributed by atoms with Gasteiger partial charge in [-0.1, -0.05) is 15.9 Å². The van der Waals surface area contributed by atoms with Crippen LogP contribution in [0.15, 0.2) is 64.7 Å². The van der Waals surface area contributed by atoms with Crippen LogP contribution in [0.5, 0.6) is 0 Å². The molecule has 0 fully saturated rings. The van der Waals surface area contributed by atoms with E-state index in [1.807, 2.05) is 0 Å². The van der Waals surface area contributed by atoms with Crippen molar-refractivity contribution in [2.75, 3.05) is 17.7 Å². The zero-order valence-electron chi connectivity index (χ0n) is 14.2. The average molecular weight is 417 g/mol. The largest absolute Gasteiger partial charge is 0.465 e. The highest BCUT2D eigenvalue weighted by molar-refractivity contribution is 9.10. The van der Waals surface area contributed by atoms with Crippen LogP contribution in [-0.2, 0) is 14.3 Å². The quantitative estimate of drug-likeness (QED) is 0.573. The van der Waals surface area contributed by atoms with Crippen LogP contribution in [0.2, 0.25) is 0 Å². The number of ether oxygens (including phenoxy) is 1. The Morgan fingerprint density at radius 3 is 2.04 bits per heavy atom. The number of halogens is 1. The summed E-state index contributed by atoms with van der Waals surface area (Å²) in [6.07, 6.45) is 1.22. The first-order valence-corrected chi connectivity index (χ1v) is 8.43. The number of hydrogen-bond donors (Lipinski definition) is 2. The molecule has 0 aromatic heterocycles. The van der Waals surface area contributed by atoms with Crippen LogP contribution in [0.1, 0.15) is 17.3 Å². The molecule has 0 heterocycles. The summed E-state index contributed by atoms with van der Waals surface area (Å²) >= 11 is 3.32. The molecule has 134 valence electrons. The van der Waals surface area contributed by atoms with Crippen molar-refractivity contribution >= 4 is 45.1 Å². The maximum atomic E-state index is 12.2. The van der Waals surface area contributed by atoms with E-state index in [0.29, 0.717) is 16.9 Å². The summed E-state index contributed by atoms with van der Waals surface area (Å²) in [6.45, 7) is 1.54. The van der Waals surface area contributed by atoms with Crippen molar-refractivity contribution in [2.24, 2.45) is 0 Å². The van der Waals surface area contributed by atoms with Crippen LogP contribution < -0.4 is 10.6 Å². The number of esters is 1. The molecule has 2 N–H and O–H groups in total. The molecule has 2 aromatic carbocycles. The normalized spacial score (nSPS) is 10.8. The lowest BCUT2D eigenvalue weighted by atomic mass is 10.2. The van der Waals surface area contributed by atoms with Crippen molar-refractivity contribution in [3.63, 3.8) is 0 Å². The predicted octanol–water partition coefficient (Wildman–Crippen LogP) is 3.76. The van der Waals surface area contributed by atoms with Gasteiger partial charge in [-0.15, -0.1) is 0 Å². The molecule has 2 amide bonds. The zero-order valence-corrected chi connectivity index (χ0v) is 15.8. The van der Waals surface area contributed by atoms with Gasteiger partial charge in [0, 0.05) is 27.5 Å². The minimum absolute atomic E-state index is 0.247. The maximum absolute atomic E-state index is 12.2. The lowest BCUT2D eigenvalue weighted by molar-refractivity contribution is -0.114. The Morgan fingerprint density at radius 2 is 1.46 bits per heavy atom. The lowest BCUT2D eigenvalue weighted by Crippen LogP contribution is -2.16. The Morgan fingerprint density at radius 1 is 0.923 bits per heavy atom. The fourth-order valence-corrected chi connectivity index (χ4v) is 2.28. The van der Waals surface area contributed by atoms with Gasteiger partial charge in [-0.3, -0.25) is 9.59 Å². The molecule has 0 aliphatic heterocycles. The van der Waals surface area contributed by atoms with Crippen molar-refractivity contribution in [3.05, 3.63) is 70.2 Å². The van der Waals surface area contributed by atoms with Crippen molar-refractivity contribution in [1.82, 2.24) is 0 Å². The monoisotopic (exact) mass is 416 g/mol. The molecule has 26 heavy (non-hydrogen) atoms. The highest BCUT2D eigenvalue weighted by Gasteiger charge is 2.09. The van der Waals surface area contributed by atoms with E-state index in [0.717, 1.165) is 4.47 Å². The number of hydrogen-bond acceptors (Lipinski definition) is 4. The number of benzene rings is 2. The molecule has 0 bridgehead atoms. The Bertz CT molecular complexity index is 843. The van der Waals surface area contributed by atoms with Gasteiger partial charge in [-0.2, -0.15) is 0 Å². The summed E-state index contributed by atoms with van der Waals surface area (Å²) < 4.78 is 5.51. The fourth-order valence-electron chi connectivity index (χ4n) is 2.01. The molecule has 0 saturated heterocycles. The van der Waals surface area contributed by atoms with E-state index in [4.69, 9.17) is 0 Å². The third kappa shape index (κ3) is 5.56. The third-order valence-corrected chi connectivity index (χ3v) is 3.91. The average Bonchev–Trinajstić information content (AvgIpc) is 2.63. The van der Waals surface area contributed by atoms with E-state index in [2.05, 4.69) is 31.3 Å². The number of amides is 2. The summed E-state index contributed by atoms with van der Waals surface area (Å²) in [5.74, 6) is -1.27. The Labute approximate surface area is 159 Å². The molecule has 2 aromatic rings. The molecule has 0 unspecified atom stereocenters. The van der Waals surface area contributed by atoms with Gasteiger partial charge in [0.2, 0.25) is 5.91 Å². The van der Waals surface area contributed by atoms with E-state index in [-0.39, 0.29) is 5.57 Å². The maximum Gasteiger partial charge on any atom is 0.337 e. The number of rotatable bonds is 5. The molecule has 0 atom stereocenters. The lowest BCUT2D eigenvalue weighted by Gasteiger charge is -2.07. The van der Waals surface area contributed by atoms with Crippen molar-refractivity contribution in [1.29, 1.82) is 0 Å². The van der Waals surface area contributed by atoms with Gasteiger partial charge >= 0.3 is 5.97 Å². The number of methoxy groups -OCH3 is 1. The first-order chi connectivity index (χ1) is 12.4. The SMILES string of the molecule is COC(=O)c1ccc(NC(=O)/C(C)=C/C(=O)Nc2ccc(Br)cc2)cc1. The fraction of sp³-hybridized carbons (Fsp3) is 0.105. The van der Waals surface area contributed by atoms with Gasteiger partial charge < -0.3 is 15.4 Å². The first-order valence-electron chi connectivity index (χ1n) is 7.63. The van der Waals surface area contributed by atoms with Crippen LogP contribution in [0.3, 0.4) is 0 Å². The molecule has 7 heteroatoms. The second-order valence-electron chi connectivity index (χ2n) is 5.35. The van der Waals surface area contributed by atoms with Crippen LogP contribution in [-0.4, -0.2) is 24.9 Å². The smallest absolute Gasteiger partial charge is 0.337 e. The summed E-state index contributed by atoms with van der Waals surface area (Å²) in [6, 6.07) is 13.3. The Kier molecular flexibility index (Phi) is 6.68. The van der Waals surface area contributed by atoms with E-state index in [1.54, 1.807) is 55.5 Å². The Balaban J connectivity index is 1.97. The number of nitrogens with one attached hydrogen (secondary N) is 2. The van der Waals surface area contributed by atoms with Gasteiger partial charge in [-0.25, -0.2) is 4.79 Å². The van der Waals surface area contributed by atoms with Crippen molar-refractivity contribution in [2.45, 2.75) is 6.92 Å². The summed E-state index contributed by atoms with van der Waals surface area (Å²) in [4.78, 5) is 35.5. The van der Waals surface area contributed by atoms with E-state index in [1.165, 1.54) is 13.2 Å². The molecular formula is C19H17BrN2O4. The van der Waals surface area contributed by atoms with Gasteiger partial charge in [0.1, 0.15) is 0 Å². The molecule has 0 saturated carbocycles. The highest BCUT2D eigenvalue weighted by Crippen LogP contribution is 2.15. The molecule has 0 aliphatic carbocycles. The first kappa shape index (κ1) is 19.4. The van der Waals surface area contributed by atoms with Crippen LogP contribution in [0.4, 0.5) is 11.4 Å². The standard InChI is InChI=1S/C19H17BrN2O4/c1-12(11-17(23)21-15-9-5-14(20)6-10-15)18(24)22-16-7-3-13(4-8-16)19(25)26-2/h3-11H,1-2H3,(H,21,23)(H,22,24)/b12-11+. The number of carbonyl (C=O) groups is 3. The molecule has 6 nitrogen and oxygen atoms in total. The Hall–Kier alpha value is -2.93. The van der Waals surface area contributed by atoms with Gasteiger partial charge in [-0.05, 0) is 55.5 Å². The third-order valence-electron chi connectivity index (χ3n) is 3.38. The van der Waals surface area contributed by atoms with Crippen LogP contribution in [0, 0.1) is 0 Å². The highest BCUT2D eigenvalue weighted by atomic mass is 79.9. The van der Waals surface area contributed by atoms with Crippen LogP contribution in [0.25, 0.3) is 0 Å². The second kappa shape index (κ2) is 8.96. The summed E-state index contributed by atoms with van der Waals surface area (Å²) in [5, 5.41) is 5.33. The van der Waals surface area contributed by atoms with E-state index in [9.17, 15) is 14.4 Å². The predicted molar refractivity (Wildman–Crippen MR) is 103 cm³/mol. The molecule has 0 spiro atoms. The van der Waals surface area contributed by atoms with Gasteiger partial charge in [0.25, 0.3) is 5.91 Å². The molecule has 0 radical (unpaired) electrons. The van der Waals surface area contributed by atoms with Crippen LogP contribution >= 0.6 is 15.9 Å².